The first kappa shape index (κ1) is 21.4. The Labute approximate surface area is 185 Å². The van der Waals surface area contributed by atoms with E-state index in [0.29, 0.717) is 33.8 Å². The SMILES string of the molecule is C=CCOc1ccc(C=c2sc3nc(=O)c(Cc4ccc(F)cc4)nn3c2=O)cc1OC. The van der Waals surface area contributed by atoms with Gasteiger partial charge in [-0.05, 0) is 41.5 Å². The fourth-order valence-electron chi connectivity index (χ4n) is 3.04. The first-order valence-corrected chi connectivity index (χ1v) is 10.4. The smallest absolute Gasteiger partial charge is 0.296 e. The molecule has 0 N–H and O–H groups in total. The van der Waals surface area contributed by atoms with Gasteiger partial charge in [-0.25, -0.2) is 4.39 Å². The number of thiazole rings is 1. The molecule has 0 radical (unpaired) electrons. The van der Waals surface area contributed by atoms with E-state index in [1.54, 1.807) is 42.5 Å². The van der Waals surface area contributed by atoms with Crippen molar-refractivity contribution in [1.82, 2.24) is 14.6 Å². The van der Waals surface area contributed by atoms with Gasteiger partial charge in [0.25, 0.3) is 11.1 Å². The van der Waals surface area contributed by atoms with Crippen LogP contribution in [0.2, 0.25) is 0 Å². The Bertz CT molecular complexity index is 1460. The molecule has 4 aromatic rings. The van der Waals surface area contributed by atoms with Crippen LogP contribution in [0.1, 0.15) is 16.8 Å². The van der Waals surface area contributed by atoms with Crippen molar-refractivity contribution >= 4 is 22.4 Å². The Morgan fingerprint density at radius 2 is 1.94 bits per heavy atom. The third-order valence-electron chi connectivity index (χ3n) is 4.58. The van der Waals surface area contributed by atoms with Crippen molar-refractivity contribution < 1.29 is 13.9 Å². The Hall–Kier alpha value is -3.85. The zero-order chi connectivity index (χ0) is 22.7. The maximum Gasteiger partial charge on any atom is 0.296 e. The molecule has 0 saturated heterocycles. The molecule has 2 aromatic carbocycles. The highest BCUT2D eigenvalue weighted by Gasteiger charge is 2.12. The van der Waals surface area contributed by atoms with Crippen molar-refractivity contribution in [2.45, 2.75) is 6.42 Å². The topological polar surface area (TPSA) is 82.8 Å². The number of fused-ring (bicyclic) bond motifs is 1. The summed E-state index contributed by atoms with van der Waals surface area (Å²) in [7, 11) is 1.53. The molecule has 0 bridgehead atoms. The Kier molecular flexibility index (Phi) is 6.09. The van der Waals surface area contributed by atoms with Gasteiger partial charge in [0.15, 0.2) is 11.5 Å². The third-order valence-corrected chi connectivity index (χ3v) is 5.54. The number of aromatic nitrogens is 3. The van der Waals surface area contributed by atoms with Crippen LogP contribution in [0.3, 0.4) is 0 Å². The van der Waals surface area contributed by atoms with Crippen LogP contribution in [0.5, 0.6) is 11.5 Å². The van der Waals surface area contributed by atoms with Crippen LogP contribution in [-0.4, -0.2) is 28.3 Å². The van der Waals surface area contributed by atoms with Gasteiger partial charge < -0.3 is 9.47 Å². The minimum absolute atomic E-state index is 0.112. The van der Waals surface area contributed by atoms with E-state index in [-0.39, 0.29) is 28.5 Å². The van der Waals surface area contributed by atoms with Crippen LogP contribution < -0.4 is 25.1 Å². The second kappa shape index (κ2) is 9.11. The van der Waals surface area contributed by atoms with Gasteiger partial charge in [0.2, 0.25) is 4.96 Å². The van der Waals surface area contributed by atoms with Crippen LogP contribution in [0.15, 0.2) is 64.7 Å². The lowest BCUT2D eigenvalue weighted by Gasteiger charge is -2.09. The van der Waals surface area contributed by atoms with Gasteiger partial charge in [-0.1, -0.05) is 42.2 Å². The average molecular weight is 451 g/mol. The highest BCUT2D eigenvalue weighted by Crippen LogP contribution is 2.28. The molecular formula is C23H18FN3O4S. The molecule has 0 fully saturated rings. The second-order valence-corrected chi connectivity index (χ2v) is 7.80. The monoisotopic (exact) mass is 451 g/mol. The van der Waals surface area contributed by atoms with Gasteiger partial charge in [0, 0.05) is 6.42 Å². The number of ether oxygens (including phenoxy) is 2. The first-order valence-electron chi connectivity index (χ1n) is 9.59. The summed E-state index contributed by atoms with van der Waals surface area (Å²) in [6.45, 7) is 3.96. The van der Waals surface area contributed by atoms with Gasteiger partial charge in [-0.15, -0.1) is 0 Å². The molecule has 2 aromatic heterocycles. The van der Waals surface area contributed by atoms with Crippen molar-refractivity contribution in [3.8, 4) is 11.5 Å². The molecule has 4 rings (SSSR count). The molecule has 162 valence electrons. The summed E-state index contributed by atoms with van der Waals surface area (Å²) < 4.78 is 25.5. The summed E-state index contributed by atoms with van der Waals surface area (Å²) in [4.78, 5) is 29.5. The molecule has 0 aliphatic rings. The van der Waals surface area contributed by atoms with Gasteiger partial charge in [-0.3, -0.25) is 9.59 Å². The van der Waals surface area contributed by atoms with Crippen molar-refractivity contribution in [1.29, 1.82) is 0 Å². The summed E-state index contributed by atoms with van der Waals surface area (Å²) >= 11 is 1.07. The Morgan fingerprint density at radius 1 is 1.16 bits per heavy atom. The Morgan fingerprint density at radius 3 is 2.66 bits per heavy atom. The molecule has 7 nitrogen and oxygen atoms in total. The minimum atomic E-state index is -0.521. The summed E-state index contributed by atoms with van der Waals surface area (Å²) in [5.74, 6) is 0.702. The average Bonchev–Trinajstić information content (AvgIpc) is 3.08. The summed E-state index contributed by atoms with van der Waals surface area (Å²) in [5, 5.41) is 4.21. The standard InChI is InChI=1S/C23H18FN3O4S/c1-3-10-31-18-9-6-15(12-19(18)30-2)13-20-22(29)27-23(32-20)25-21(28)17(26-27)11-14-4-7-16(24)8-5-14/h3-9,12-13H,1,10-11H2,2H3. The largest absolute Gasteiger partial charge is 0.493 e. The molecule has 2 heterocycles. The zero-order valence-electron chi connectivity index (χ0n) is 17.1. The normalized spacial score (nSPS) is 11.6. The van der Waals surface area contributed by atoms with Crippen molar-refractivity contribution in [3.63, 3.8) is 0 Å². The number of benzene rings is 2. The number of hydrogen-bond acceptors (Lipinski definition) is 7. The molecule has 0 aliphatic heterocycles. The molecular weight excluding hydrogens is 433 g/mol. The maximum absolute atomic E-state index is 13.1. The van der Waals surface area contributed by atoms with Crippen molar-refractivity contribution in [2.75, 3.05) is 13.7 Å². The number of methoxy groups -OCH3 is 1. The third kappa shape index (κ3) is 4.42. The van der Waals surface area contributed by atoms with E-state index < -0.39 is 5.56 Å². The zero-order valence-corrected chi connectivity index (χ0v) is 17.9. The van der Waals surface area contributed by atoms with Crippen molar-refractivity contribution in [3.05, 3.63) is 103 Å². The molecule has 0 unspecified atom stereocenters. The lowest BCUT2D eigenvalue weighted by atomic mass is 10.1. The molecule has 0 spiro atoms. The van der Waals surface area contributed by atoms with Crippen LogP contribution in [-0.2, 0) is 6.42 Å². The first-order chi connectivity index (χ1) is 15.5. The number of hydrogen-bond donors (Lipinski definition) is 0. The van der Waals surface area contributed by atoms with E-state index in [2.05, 4.69) is 16.7 Å². The van der Waals surface area contributed by atoms with Gasteiger partial charge in [0.05, 0.1) is 11.6 Å². The summed E-state index contributed by atoms with van der Waals surface area (Å²) in [6.07, 6.45) is 3.45. The van der Waals surface area contributed by atoms with E-state index in [4.69, 9.17) is 9.47 Å². The van der Waals surface area contributed by atoms with Gasteiger partial charge in [0.1, 0.15) is 18.1 Å². The predicted octanol–water partition coefficient (Wildman–Crippen LogP) is 2.36. The Balaban J connectivity index is 1.73. The second-order valence-electron chi connectivity index (χ2n) is 6.79. The molecule has 0 aliphatic carbocycles. The van der Waals surface area contributed by atoms with Crippen LogP contribution >= 0.6 is 11.3 Å². The van der Waals surface area contributed by atoms with Crippen LogP contribution in [0.25, 0.3) is 11.0 Å². The van der Waals surface area contributed by atoms with Gasteiger partial charge >= 0.3 is 0 Å². The minimum Gasteiger partial charge on any atom is -0.493 e. The number of nitrogens with zero attached hydrogens (tertiary/aromatic N) is 3. The summed E-state index contributed by atoms with van der Waals surface area (Å²) in [5.41, 5.74) is 0.612. The van der Waals surface area contributed by atoms with E-state index in [9.17, 15) is 14.0 Å². The van der Waals surface area contributed by atoms with Crippen molar-refractivity contribution in [2.24, 2.45) is 0 Å². The van der Waals surface area contributed by atoms with Crippen LogP contribution in [0.4, 0.5) is 4.39 Å². The number of rotatable bonds is 7. The molecule has 9 heteroatoms. The fourth-order valence-corrected chi connectivity index (χ4v) is 3.95. The molecule has 0 atom stereocenters. The number of halogens is 1. The highest BCUT2D eigenvalue weighted by molar-refractivity contribution is 7.15. The molecule has 0 amide bonds. The lowest BCUT2D eigenvalue weighted by molar-refractivity contribution is 0.326. The highest BCUT2D eigenvalue weighted by atomic mass is 32.1. The fraction of sp³-hybridized carbons (Fsp3) is 0.130. The maximum atomic E-state index is 13.1. The summed E-state index contributed by atoms with van der Waals surface area (Å²) in [6, 6.07) is 11.0. The lowest BCUT2D eigenvalue weighted by Crippen LogP contribution is -2.28. The molecule has 0 saturated carbocycles. The van der Waals surface area contributed by atoms with E-state index in [1.807, 2.05) is 0 Å². The van der Waals surface area contributed by atoms with E-state index in [1.165, 1.54) is 19.2 Å². The van der Waals surface area contributed by atoms with Gasteiger partial charge in [-0.2, -0.15) is 14.6 Å². The molecule has 32 heavy (non-hydrogen) atoms. The van der Waals surface area contributed by atoms with E-state index >= 15 is 0 Å². The van der Waals surface area contributed by atoms with Crippen LogP contribution in [0, 0.1) is 5.82 Å². The van der Waals surface area contributed by atoms with E-state index in [0.717, 1.165) is 15.9 Å². The predicted molar refractivity (Wildman–Crippen MR) is 120 cm³/mol. The quantitative estimate of drug-likeness (QED) is 0.401.